The Morgan fingerprint density at radius 2 is 2.22 bits per heavy atom. The molecule has 0 saturated carbocycles. The molecular formula is C5H14N2O2. The smallest absolute Gasteiger partial charge is 0.0691 e. The second-order valence-corrected chi connectivity index (χ2v) is 1.70. The monoisotopic (exact) mass is 134 g/mol. The zero-order valence-corrected chi connectivity index (χ0v) is 5.47. The molecule has 0 aliphatic carbocycles. The first kappa shape index (κ1) is 8.84. The molecule has 0 atom stereocenters. The topological polar surface area (TPSA) is 67.5 Å². The fourth-order valence-electron chi connectivity index (χ4n) is 0.485. The first-order valence-corrected chi connectivity index (χ1v) is 3.05. The average Bonchev–Trinajstić information content (AvgIpc) is 1.89. The maximum absolute atomic E-state index is 8.30. The Kier molecular flexibility index (Phi) is 7.70. The van der Waals surface area contributed by atoms with Crippen molar-refractivity contribution < 1.29 is 9.94 Å². The third kappa shape index (κ3) is 7.84. The van der Waals surface area contributed by atoms with E-state index in [1.165, 1.54) is 0 Å². The number of aliphatic hydroxyl groups is 1. The molecule has 4 heteroatoms. The number of rotatable bonds is 6. The maximum Gasteiger partial charge on any atom is 0.0691 e. The third-order valence-corrected chi connectivity index (χ3v) is 0.904. The van der Waals surface area contributed by atoms with Crippen molar-refractivity contribution in [3.8, 4) is 0 Å². The number of aliphatic hydroxyl groups excluding tert-OH is 1. The predicted octanol–water partition coefficient (Wildman–Crippen LogP) is -1.15. The molecule has 0 heterocycles. The summed E-state index contributed by atoms with van der Waals surface area (Å²) in [6.07, 6.45) is 0.885. The lowest BCUT2D eigenvalue weighted by molar-refractivity contribution is 0.135. The fraction of sp³-hybridized carbons (Fsp3) is 1.00. The molecule has 0 spiro atoms. The molecule has 0 fully saturated rings. The number of hydrogen-bond donors (Lipinski definition) is 3. The largest absolute Gasteiger partial charge is 0.395 e. The highest BCUT2D eigenvalue weighted by molar-refractivity contribution is 4.43. The lowest BCUT2D eigenvalue weighted by atomic mass is 10.4. The molecule has 0 saturated heterocycles. The molecule has 0 aliphatic heterocycles. The van der Waals surface area contributed by atoms with E-state index in [1.807, 2.05) is 0 Å². The highest BCUT2D eigenvalue weighted by atomic mass is 16.6. The SMILES string of the molecule is NOCCCNCCO. The van der Waals surface area contributed by atoms with Gasteiger partial charge in [0.2, 0.25) is 0 Å². The highest BCUT2D eigenvalue weighted by Crippen LogP contribution is 1.73. The van der Waals surface area contributed by atoms with E-state index in [1.54, 1.807) is 0 Å². The van der Waals surface area contributed by atoms with E-state index in [-0.39, 0.29) is 6.61 Å². The quantitative estimate of drug-likeness (QED) is 0.317. The van der Waals surface area contributed by atoms with Crippen LogP contribution in [-0.4, -0.2) is 31.4 Å². The van der Waals surface area contributed by atoms with Gasteiger partial charge in [-0.15, -0.1) is 0 Å². The van der Waals surface area contributed by atoms with Crippen molar-refractivity contribution in [3.63, 3.8) is 0 Å². The van der Waals surface area contributed by atoms with Crippen LogP contribution in [0.25, 0.3) is 0 Å². The van der Waals surface area contributed by atoms with Crippen LogP contribution in [0, 0.1) is 0 Å². The normalized spacial score (nSPS) is 10.0. The summed E-state index contributed by atoms with van der Waals surface area (Å²) in [4.78, 5) is 4.32. The van der Waals surface area contributed by atoms with Crippen LogP contribution in [0.2, 0.25) is 0 Å². The molecule has 0 amide bonds. The van der Waals surface area contributed by atoms with Crippen LogP contribution >= 0.6 is 0 Å². The molecule has 0 rings (SSSR count). The van der Waals surface area contributed by atoms with Gasteiger partial charge in [-0.2, -0.15) is 0 Å². The summed E-state index contributed by atoms with van der Waals surface area (Å²) in [5.74, 6) is 4.77. The van der Waals surface area contributed by atoms with Gasteiger partial charge in [-0.1, -0.05) is 0 Å². The zero-order valence-electron chi connectivity index (χ0n) is 5.47. The summed E-state index contributed by atoms with van der Waals surface area (Å²) >= 11 is 0. The molecule has 0 aromatic rings. The molecule has 56 valence electrons. The van der Waals surface area contributed by atoms with E-state index < -0.39 is 0 Å². The average molecular weight is 134 g/mol. The van der Waals surface area contributed by atoms with E-state index in [2.05, 4.69) is 10.2 Å². The van der Waals surface area contributed by atoms with Crippen LogP contribution < -0.4 is 11.2 Å². The maximum atomic E-state index is 8.30. The molecule has 0 unspecified atom stereocenters. The minimum Gasteiger partial charge on any atom is -0.395 e. The molecule has 4 nitrogen and oxygen atoms in total. The van der Waals surface area contributed by atoms with Crippen LogP contribution in [0.3, 0.4) is 0 Å². The van der Waals surface area contributed by atoms with Crippen molar-refractivity contribution in [2.24, 2.45) is 5.90 Å². The van der Waals surface area contributed by atoms with Gasteiger partial charge in [-0.3, -0.25) is 0 Å². The third-order valence-electron chi connectivity index (χ3n) is 0.904. The van der Waals surface area contributed by atoms with Gasteiger partial charge < -0.3 is 15.3 Å². The van der Waals surface area contributed by atoms with Crippen molar-refractivity contribution in [2.45, 2.75) is 6.42 Å². The first-order chi connectivity index (χ1) is 4.41. The molecule has 0 aliphatic rings. The molecule has 0 radical (unpaired) electrons. The van der Waals surface area contributed by atoms with Gasteiger partial charge in [0.05, 0.1) is 13.2 Å². The lowest BCUT2D eigenvalue weighted by Crippen LogP contribution is -2.20. The molecule has 9 heavy (non-hydrogen) atoms. The van der Waals surface area contributed by atoms with Crippen molar-refractivity contribution >= 4 is 0 Å². The number of nitrogens with one attached hydrogen (secondary N) is 1. The molecular weight excluding hydrogens is 120 g/mol. The predicted molar refractivity (Wildman–Crippen MR) is 34.7 cm³/mol. The van der Waals surface area contributed by atoms with E-state index in [4.69, 9.17) is 11.0 Å². The summed E-state index contributed by atoms with van der Waals surface area (Å²) in [5.41, 5.74) is 0. The van der Waals surface area contributed by atoms with Gasteiger partial charge >= 0.3 is 0 Å². The Morgan fingerprint density at radius 1 is 1.44 bits per heavy atom. The van der Waals surface area contributed by atoms with E-state index in [0.717, 1.165) is 13.0 Å². The summed E-state index contributed by atoms with van der Waals surface area (Å²) in [6.45, 7) is 2.24. The second kappa shape index (κ2) is 7.84. The standard InChI is InChI=1S/C5H14N2O2/c6-9-5-1-2-7-3-4-8/h7-8H,1-6H2. The number of hydrogen-bond acceptors (Lipinski definition) is 4. The lowest BCUT2D eigenvalue weighted by Gasteiger charge is -1.99. The molecule has 0 aromatic heterocycles. The van der Waals surface area contributed by atoms with Crippen molar-refractivity contribution in [1.82, 2.24) is 5.32 Å². The molecule has 0 aromatic carbocycles. The Morgan fingerprint density at radius 3 is 2.78 bits per heavy atom. The van der Waals surface area contributed by atoms with Gasteiger partial charge in [0.1, 0.15) is 0 Å². The fourth-order valence-corrected chi connectivity index (χ4v) is 0.485. The Balaban J connectivity index is 2.60. The van der Waals surface area contributed by atoms with Gasteiger partial charge in [-0.25, -0.2) is 5.90 Å². The van der Waals surface area contributed by atoms with E-state index in [9.17, 15) is 0 Å². The van der Waals surface area contributed by atoms with Crippen LogP contribution in [0.4, 0.5) is 0 Å². The van der Waals surface area contributed by atoms with Crippen molar-refractivity contribution in [3.05, 3.63) is 0 Å². The van der Waals surface area contributed by atoms with Crippen molar-refractivity contribution in [2.75, 3.05) is 26.3 Å². The van der Waals surface area contributed by atoms with Gasteiger partial charge in [0.15, 0.2) is 0 Å². The Bertz CT molecular complexity index is 46.2. The molecule has 0 bridgehead atoms. The van der Waals surface area contributed by atoms with E-state index in [0.29, 0.717) is 13.2 Å². The second-order valence-electron chi connectivity index (χ2n) is 1.70. The van der Waals surface area contributed by atoms with Gasteiger partial charge in [0, 0.05) is 6.54 Å². The van der Waals surface area contributed by atoms with Crippen LogP contribution in [0.15, 0.2) is 0 Å². The molecule has 4 N–H and O–H groups in total. The first-order valence-electron chi connectivity index (χ1n) is 3.05. The van der Waals surface area contributed by atoms with Crippen LogP contribution in [0.5, 0.6) is 0 Å². The Hall–Kier alpha value is -0.160. The van der Waals surface area contributed by atoms with Gasteiger partial charge in [-0.05, 0) is 13.0 Å². The summed E-state index contributed by atoms with van der Waals surface area (Å²) in [6, 6.07) is 0. The summed E-state index contributed by atoms with van der Waals surface area (Å²) in [5, 5.41) is 11.3. The minimum absolute atomic E-state index is 0.184. The highest BCUT2D eigenvalue weighted by Gasteiger charge is 1.84. The summed E-state index contributed by atoms with van der Waals surface area (Å²) in [7, 11) is 0. The zero-order chi connectivity index (χ0) is 6.95. The summed E-state index contributed by atoms with van der Waals surface area (Å²) < 4.78 is 0. The minimum atomic E-state index is 0.184. The van der Waals surface area contributed by atoms with E-state index >= 15 is 0 Å². The van der Waals surface area contributed by atoms with Gasteiger partial charge in [0.25, 0.3) is 0 Å². The van der Waals surface area contributed by atoms with Crippen LogP contribution in [0.1, 0.15) is 6.42 Å². The van der Waals surface area contributed by atoms with Crippen LogP contribution in [-0.2, 0) is 4.84 Å². The van der Waals surface area contributed by atoms with Crippen molar-refractivity contribution in [1.29, 1.82) is 0 Å². The number of nitrogens with two attached hydrogens (primary N) is 1. The Labute approximate surface area is 55.0 Å².